The average Bonchev–Trinajstić information content (AvgIpc) is 2.83. The zero-order chi connectivity index (χ0) is 24.6. The van der Waals surface area contributed by atoms with E-state index >= 15 is 0 Å². The fourth-order valence-electron chi connectivity index (χ4n) is 5.07. The van der Waals surface area contributed by atoms with E-state index in [9.17, 15) is 4.79 Å². The second-order valence-corrected chi connectivity index (χ2v) is 9.96. The van der Waals surface area contributed by atoms with Crippen molar-refractivity contribution in [3.63, 3.8) is 0 Å². The Hall–Kier alpha value is -2.37. The van der Waals surface area contributed by atoms with Gasteiger partial charge in [0.1, 0.15) is 17.9 Å². The molecule has 1 atom stereocenters. The van der Waals surface area contributed by atoms with E-state index in [1.54, 1.807) is 0 Å². The van der Waals surface area contributed by atoms with Crippen molar-refractivity contribution in [2.24, 2.45) is 0 Å². The van der Waals surface area contributed by atoms with E-state index in [2.05, 4.69) is 74.4 Å². The molecule has 0 bridgehead atoms. The van der Waals surface area contributed by atoms with Crippen molar-refractivity contribution in [2.75, 3.05) is 19.6 Å². The zero-order valence-electron chi connectivity index (χ0n) is 21.7. The molecule has 1 unspecified atom stereocenters. The summed E-state index contributed by atoms with van der Waals surface area (Å²) in [6.07, 6.45) is 3.74. The van der Waals surface area contributed by atoms with E-state index in [-0.39, 0.29) is 5.91 Å². The fraction of sp³-hybridized carbons (Fsp3) is 0.552. The molecular formula is C29H43N3O2. The maximum atomic E-state index is 13.7. The van der Waals surface area contributed by atoms with Crippen molar-refractivity contribution < 1.29 is 9.53 Å². The van der Waals surface area contributed by atoms with Gasteiger partial charge in [-0.3, -0.25) is 15.0 Å². The van der Waals surface area contributed by atoms with Gasteiger partial charge in [0.15, 0.2) is 0 Å². The number of carbonyl (C=O) groups excluding carboxylic acids is 1. The van der Waals surface area contributed by atoms with Crippen LogP contribution in [0.4, 0.5) is 0 Å². The molecule has 34 heavy (non-hydrogen) atoms. The highest BCUT2D eigenvalue weighted by Gasteiger charge is 2.42. The number of hydrogen-bond donors (Lipinski definition) is 2. The Morgan fingerprint density at radius 3 is 2.53 bits per heavy atom. The molecule has 1 aliphatic heterocycles. The first-order valence-electron chi connectivity index (χ1n) is 13.0. The van der Waals surface area contributed by atoms with Gasteiger partial charge in [-0.05, 0) is 69.4 Å². The summed E-state index contributed by atoms with van der Waals surface area (Å²) in [5, 5.41) is 6.89. The van der Waals surface area contributed by atoms with Gasteiger partial charge in [-0.1, -0.05) is 56.2 Å². The summed E-state index contributed by atoms with van der Waals surface area (Å²) >= 11 is 0. The zero-order valence-corrected chi connectivity index (χ0v) is 21.7. The van der Waals surface area contributed by atoms with Gasteiger partial charge in [0.2, 0.25) is 5.91 Å². The number of hydrogen-bond acceptors (Lipinski definition) is 4. The molecule has 3 rings (SSSR count). The van der Waals surface area contributed by atoms with Crippen molar-refractivity contribution >= 4 is 5.91 Å². The van der Waals surface area contributed by atoms with E-state index in [1.807, 2.05) is 24.3 Å². The first-order valence-corrected chi connectivity index (χ1v) is 13.0. The standard InChI is InChI=1S/C29H43N3O2/c1-6-7-16-29(28(33)30-18-19-32(22(2)3)23(4)5)27-14-13-26(20-25(27)15-17-31-29)34-21-24-11-9-8-10-12-24/h8-14,20,22-23,31H,6-7,15-19,21H2,1-5H3,(H,30,33). The lowest BCUT2D eigenvalue weighted by Gasteiger charge is -2.39. The van der Waals surface area contributed by atoms with Crippen molar-refractivity contribution in [1.29, 1.82) is 0 Å². The number of unbranched alkanes of at least 4 members (excludes halogenated alkanes) is 1. The molecule has 0 spiro atoms. The lowest BCUT2D eigenvalue weighted by Crippen LogP contribution is -2.58. The number of carbonyl (C=O) groups is 1. The third-order valence-electron chi connectivity index (χ3n) is 6.88. The van der Waals surface area contributed by atoms with E-state index in [4.69, 9.17) is 4.74 Å². The highest BCUT2D eigenvalue weighted by molar-refractivity contribution is 5.88. The number of benzene rings is 2. The Morgan fingerprint density at radius 1 is 1.12 bits per heavy atom. The Kier molecular flexibility index (Phi) is 9.54. The van der Waals surface area contributed by atoms with Crippen LogP contribution >= 0.6 is 0 Å². The van der Waals surface area contributed by atoms with E-state index in [0.717, 1.165) is 55.6 Å². The second kappa shape index (κ2) is 12.4. The van der Waals surface area contributed by atoms with Gasteiger partial charge >= 0.3 is 0 Å². The first kappa shape index (κ1) is 26.2. The van der Waals surface area contributed by atoms with Gasteiger partial charge in [-0.15, -0.1) is 0 Å². The number of ether oxygens (including phenoxy) is 1. The van der Waals surface area contributed by atoms with Crippen LogP contribution in [0.25, 0.3) is 0 Å². The predicted octanol–water partition coefficient (Wildman–Crippen LogP) is 5.03. The number of nitrogens with one attached hydrogen (secondary N) is 2. The smallest absolute Gasteiger partial charge is 0.244 e. The third-order valence-corrected chi connectivity index (χ3v) is 6.88. The van der Waals surface area contributed by atoms with Gasteiger partial charge in [0.25, 0.3) is 0 Å². The van der Waals surface area contributed by atoms with E-state index in [1.165, 1.54) is 5.56 Å². The Balaban J connectivity index is 1.76. The summed E-state index contributed by atoms with van der Waals surface area (Å²) in [5.74, 6) is 0.950. The monoisotopic (exact) mass is 465 g/mol. The lowest BCUT2D eigenvalue weighted by molar-refractivity contribution is -0.129. The van der Waals surface area contributed by atoms with Crippen molar-refractivity contribution in [3.8, 4) is 5.75 Å². The lowest BCUT2D eigenvalue weighted by atomic mass is 9.78. The van der Waals surface area contributed by atoms with E-state index in [0.29, 0.717) is 25.2 Å². The van der Waals surface area contributed by atoms with Crippen LogP contribution in [0.3, 0.4) is 0 Å². The number of amides is 1. The molecule has 0 saturated carbocycles. The molecule has 5 heteroatoms. The van der Waals surface area contributed by atoms with Crippen LogP contribution in [0.15, 0.2) is 48.5 Å². The van der Waals surface area contributed by atoms with E-state index < -0.39 is 5.54 Å². The van der Waals surface area contributed by atoms with Crippen LogP contribution in [-0.4, -0.2) is 42.5 Å². The maximum Gasteiger partial charge on any atom is 0.244 e. The normalized spacial score (nSPS) is 17.8. The Labute approximate surface area is 206 Å². The van der Waals surface area contributed by atoms with Crippen LogP contribution in [-0.2, 0) is 23.4 Å². The Morgan fingerprint density at radius 2 is 1.85 bits per heavy atom. The predicted molar refractivity (Wildman–Crippen MR) is 140 cm³/mol. The molecule has 0 radical (unpaired) electrons. The molecule has 0 fully saturated rings. The van der Waals surface area contributed by atoms with Gasteiger partial charge in [0, 0.05) is 31.7 Å². The van der Waals surface area contributed by atoms with Crippen molar-refractivity contribution in [2.45, 2.75) is 84.5 Å². The van der Waals surface area contributed by atoms with Crippen LogP contribution in [0.1, 0.15) is 70.6 Å². The minimum atomic E-state index is -0.679. The number of nitrogens with zero attached hydrogens (tertiary/aromatic N) is 1. The summed E-state index contributed by atoms with van der Waals surface area (Å²) in [4.78, 5) is 16.1. The molecule has 2 aromatic rings. The molecule has 5 nitrogen and oxygen atoms in total. The average molecular weight is 466 g/mol. The van der Waals surface area contributed by atoms with Crippen molar-refractivity contribution in [1.82, 2.24) is 15.5 Å². The molecule has 0 aliphatic carbocycles. The van der Waals surface area contributed by atoms with Gasteiger partial charge in [0.05, 0.1) is 0 Å². The molecule has 2 N–H and O–H groups in total. The topological polar surface area (TPSA) is 53.6 Å². The quantitative estimate of drug-likeness (QED) is 0.462. The third kappa shape index (κ3) is 6.39. The SMILES string of the molecule is CCCCC1(C(=O)NCCN(C(C)C)C(C)C)NCCc2cc(OCc3ccccc3)ccc21. The molecule has 2 aromatic carbocycles. The van der Waals surface area contributed by atoms with Crippen LogP contribution in [0.2, 0.25) is 0 Å². The highest BCUT2D eigenvalue weighted by Crippen LogP contribution is 2.35. The van der Waals surface area contributed by atoms with Gasteiger partial charge in [-0.2, -0.15) is 0 Å². The maximum absolute atomic E-state index is 13.7. The van der Waals surface area contributed by atoms with Crippen LogP contribution in [0.5, 0.6) is 5.75 Å². The summed E-state index contributed by atoms with van der Waals surface area (Å²) in [6, 6.07) is 17.4. The first-order chi connectivity index (χ1) is 16.4. The van der Waals surface area contributed by atoms with Gasteiger partial charge in [-0.25, -0.2) is 0 Å². The number of rotatable bonds is 12. The summed E-state index contributed by atoms with van der Waals surface area (Å²) < 4.78 is 6.08. The largest absolute Gasteiger partial charge is 0.489 e. The number of fused-ring (bicyclic) bond motifs is 1. The molecule has 186 valence electrons. The Bertz CT molecular complexity index is 905. The highest BCUT2D eigenvalue weighted by atomic mass is 16.5. The molecule has 1 aliphatic rings. The van der Waals surface area contributed by atoms with Crippen LogP contribution < -0.4 is 15.4 Å². The molecule has 0 aromatic heterocycles. The summed E-state index contributed by atoms with van der Waals surface area (Å²) in [6.45, 7) is 13.9. The summed E-state index contributed by atoms with van der Waals surface area (Å²) in [5.41, 5.74) is 2.78. The molecule has 1 amide bonds. The minimum Gasteiger partial charge on any atom is -0.489 e. The minimum absolute atomic E-state index is 0.0901. The molecule has 0 saturated heterocycles. The van der Waals surface area contributed by atoms with Crippen LogP contribution in [0, 0.1) is 0 Å². The summed E-state index contributed by atoms with van der Waals surface area (Å²) in [7, 11) is 0. The molecule has 1 heterocycles. The second-order valence-electron chi connectivity index (χ2n) is 9.96. The molecular weight excluding hydrogens is 422 g/mol. The van der Waals surface area contributed by atoms with Gasteiger partial charge < -0.3 is 10.1 Å². The fourth-order valence-corrected chi connectivity index (χ4v) is 5.07. The van der Waals surface area contributed by atoms with Crippen molar-refractivity contribution in [3.05, 3.63) is 65.2 Å².